The Labute approximate surface area is 214 Å². The maximum Gasteiger partial charge on any atom is 0.293 e. The van der Waals surface area contributed by atoms with Gasteiger partial charge in [0, 0.05) is 65.7 Å². The molecule has 1 aliphatic rings. The van der Waals surface area contributed by atoms with E-state index in [1.54, 1.807) is 26.4 Å². The number of nitrogens with zero attached hydrogens (tertiary/aromatic N) is 5. The van der Waals surface area contributed by atoms with Crippen LogP contribution in [-0.4, -0.2) is 85.4 Å². The SMILES string of the molecule is CNC(=O)COc1cc2cc(Cc3nc(N4CCN(CCOC)CC4)ncc3Cl)ccc2n(C)c1=O. The first-order chi connectivity index (χ1) is 17.4. The largest absolute Gasteiger partial charge is 0.478 e. The molecule has 11 heteroatoms. The van der Waals surface area contributed by atoms with Crippen LogP contribution in [0, 0.1) is 0 Å². The number of likely N-dealkylation sites (N-methyl/N-ethyl adjacent to an activating group) is 1. The molecule has 1 aromatic carbocycles. The zero-order valence-corrected chi connectivity index (χ0v) is 21.5. The third-order valence-corrected chi connectivity index (χ3v) is 6.65. The van der Waals surface area contributed by atoms with E-state index in [4.69, 9.17) is 26.1 Å². The summed E-state index contributed by atoms with van der Waals surface area (Å²) in [5.74, 6) is 0.489. The number of ether oxygens (including phenoxy) is 2. The number of carbonyl (C=O) groups is 1. The molecule has 0 atom stereocenters. The highest BCUT2D eigenvalue weighted by Gasteiger charge is 2.20. The fourth-order valence-electron chi connectivity index (χ4n) is 4.18. The summed E-state index contributed by atoms with van der Waals surface area (Å²) in [4.78, 5) is 38.0. The van der Waals surface area contributed by atoms with Crippen LogP contribution in [0.5, 0.6) is 5.75 Å². The molecule has 0 bridgehead atoms. The van der Waals surface area contributed by atoms with E-state index in [2.05, 4.69) is 20.1 Å². The van der Waals surface area contributed by atoms with Crippen LogP contribution in [0.3, 0.4) is 0 Å². The van der Waals surface area contributed by atoms with Gasteiger partial charge in [0.25, 0.3) is 11.5 Å². The van der Waals surface area contributed by atoms with E-state index in [-0.39, 0.29) is 23.8 Å². The molecule has 1 amide bonds. The predicted molar refractivity (Wildman–Crippen MR) is 139 cm³/mol. The molecular formula is C25H31ClN6O4. The van der Waals surface area contributed by atoms with Gasteiger partial charge in [0.1, 0.15) is 0 Å². The first kappa shape index (κ1) is 25.9. The van der Waals surface area contributed by atoms with Gasteiger partial charge < -0.3 is 24.3 Å². The van der Waals surface area contributed by atoms with Gasteiger partial charge in [-0.25, -0.2) is 9.97 Å². The summed E-state index contributed by atoms with van der Waals surface area (Å²) in [5.41, 5.74) is 2.18. The molecule has 0 aliphatic carbocycles. The Bertz CT molecular complexity index is 1290. The third kappa shape index (κ3) is 5.95. The van der Waals surface area contributed by atoms with Gasteiger partial charge in [0.2, 0.25) is 5.95 Å². The zero-order valence-electron chi connectivity index (χ0n) is 20.8. The molecular weight excluding hydrogens is 484 g/mol. The van der Waals surface area contributed by atoms with E-state index in [0.29, 0.717) is 17.4 Å². The number of methoxy groups -OCH3 is 1. The van der Waals surface area contributed by atoms with Crippen LogP contribution in [0.2, 0.25) is 5.02 Å². The van der Waals surface area contributed by atoms with Gasteiger partial charge in [-0.3, -0.25) is 14.5 Å². The summed E-state index contributed by atoms with van der Waals surface area (Å²) in [5, 5.41) is 3.80. The highest BCUT2D eigenvalue weighted by molar-refractivity contribution is 6.31. The molecule has 1 saturated heterocycles. The summed E-state index contributed by atoms with van der Waals surface area (Å²) in [6.45, 7) is 4.96. The van der Waals surface area contributed by atoms with Gasteiger partial charge >= 0.3 is 0 Å². The van der Waals surface area contributed by atoms with Gasteiger partial charge in [-0.1, -0.05) is 17.7 Å². The minimum absolute atomic E-state index is 0.123. The number of hydrogen-bond donors (Lipinski definition) is 1. The first-order valence-electron chi connectivity index (χ1n) is 11.8. The molecule has 4 rings (SSSR count). The Kier molecular flexibility index (Phi) is 8.40. The van der Waals surface area contributed by atoms with Crippen LogP contribution in [0.25, 0.3) is 10.9 Å². The molecule has 0 spiro atoms. The fourth-order valence-corrected chi connectivity index (χ4v) is 4.34. The molecule has 1 aliphatic heterocycles. The van der Waals surface area contributed by atoms with Crippen LogP contribution < -0.4 is 20.5 Å². The Morgan fingerprint density at radius 1 is 1.19 bits per heavy atom. The van der Waals surface area contributed by atoms with Crippen LogP contribution in [0.1, 0.15) is 11.3 Å². The lowest BCUT2D eigenvalue weighted by Crippen LogP contribution is -2.47. The van der Waals surface area contributed by atoms with Crippen molar-refractivity contribution < 1.29 is 14.3 Å². The number of rotatable bonds is 9. The number of amides is 1. The van der Waals surface area contributed by atoms with E-state index in [1.165, 1.54) is 11.6 Å². The second-order valence-electron chi connectivity index (χ2n) is 8.69. The van der Waals surface area contributed by atoms with Crippen molar-refractivity contribution in [2.75, 3.05) is 65.0 Å². The standard InChI is InChI=1S/C25H31ClN6O4/c1-27-23(33)16-36-22-14-18-12-17(4-5-21(18)30(2)24(22)34)13-20-19(26)15-28-25(29-20)32-8-6-31(7-9-32)10-11-35-3/h4-5,12,14-15H,6-11,13,16H2,1-3H3,(H,27,33). The summed E-state index contributed by atoms with van der Waals surface area (Å²) in [6, 6.07) is 7.50. The number of nitrogens with one attached hydrogen (secondary N) is 1. The number of aromatic nitrogens is 3. The van der Waals surface area contributed by atoms with Crippen molar-refractivity contribution in [1.82, 2.24) is 24.8 Å². The predicted octanol–water partition coefficient (Wildman–Crippen LogP) is 1.47. The highest BCUT2D eigenvalue weighted by atomic mass is 35.5. The lowest BCUT2D eigenvalue weighted by molar-refractivity contribution is -0.122. The Morgan fingerprint density at radius 2 is 1.97 bits per heavy atom. The number of benzene rings is 1. The van der Waals surface area contributed by atoms with E-state index < -0.39 is 0 Å². The molecule has 3 heterocycles. The number of halogens is 1. The molecule has 0 radical (unpaired) electrons. The number of fused-ring (bicyclic) bond motifs is 1. The third-order valence-electron chi connectivity index (χ3n) is 6.34. The molecule has 2 aromatic heterocycles. The molecule has 1 N–H and O–H groups in total. The maximum absolute atomic E-state index is 12.6. The van der Waals surface area contributed by atoms with Crippen molar-refractivity contribution in [3.8, 4) is 5.75 Å². The van der Waals surface area contributed by atoms with Crippen LogP contribution in [0.4, 0.5) is 5.95 Å². The second kappa shape index (κ2) is 11.7. The van der Waals surface area contributed by atoms with Crippen molar-refractivity contribution in [3.05, 3.63) is 57.1 Å². The summed E-state index contributed by atoms with van der Waals surface area (Å²) in [6.07, 6.45) is 2.17. The lowest BCUT2D eigenvalue weighted by atomic mass is 10.1. The van der Waals surface area contributed by atoms with E-state index >= 15 is 0 Å². The highest BCUT2D eigenvalue weighted by Crippen LogP contribution is 2.24. The number of carbonyl (C=O) groups excluding carboxylic acids is 1. The normalized spacial score (nSPS) is 14.3. The minimum Gasteiger partial charge on any atom is -0.478 e. The van der Waals surface area contributed by atoms with Crippen LogP contribution >= 0.6 is 11.6 Å². The topological polar surface area (TPSA) is 102 Å². The Balaban J connectivity index is 1.53. The van der Waals surface area contributed by atoms with Crippen LogP contribution in [0.15, 0.2) is 35.3 Å². The number of anilines is 1. The second-order valence-corrected chi connectivity index (χ2v) is 9.10. The summed E-state index contributed by atoms with van der Waals surface area (Å²) in [7, 11) is 4.92. The van der Waals surface area contributed by atoms with Gasteiger partial charge in [0.05, 0.1) is 29.0 Å². The van der Waals surface area contributed by atoms with Gasteiger partial charge in [-0.15, -0.1) is 0 Å². The van der Waals surface area contributed by atoms with Crippen molar-refractivity contribution in [1.29, 1.82) is 0 Å². The van der Waals surface area contributed by atoms with Crippen LogP contribution in [-0.2, 0) is 23.0 Å². The molecule has 10 nitrogen and oxygen atoms in total. The smallest absolute Gasteiger partial charge is 0.293 e. The van der Waals surface area contributed by atoms with E-state index in [0.717, 1.165) is 61.5 Å². The molecule has 36 heavy (non-hydrogen) atoms. The molecule has 0 saturated carbocycles. The molecule has 1 fully saturated rings. The monoisotopic (exact) mass is 514 g/mol. The molecule has 3 aromatic rings. The Morgan fingerprint density at radius 3 is 2.69 bits per heavy atom. The zero-order chi connectivity index (χ0) is 25.7. The lowest BCUT2D eigenvalue weighted by Gasteiger charge is -2.34. The van der Waals surface area contributed by atoms with Gasteiger partial charge in [-0.05, 0) is 23.8 Å². The van der Waals surface area contributed by atoms with Crippen molar-refractivity contribution in [2.45, 2.75) is 6.42 Å². The first-order valence-corrected chi connectivity index (χ1v) is 12.2. The average molecular weight is 515 g/mol. The van der Waals surface area contributed by atoms with Crippen molar-refractivity contribution in [3.63, 3.8) is 0 Å². The average Bonchev–Trinajstić information content (AvgIpc) is 2.90. The Hall–Kier alpha value is -3.21. The number of aryl methyl sites for hydroxylation is 1. The quantitative estimate of drug-likeness (QED) is 0.458. The number of piperazine rings is 1. The van der Waals surface area contributed by atoms with Gasteiger partial charge in [-0.2, -0.15) is 0 Å². The summed E-state index contributed by atoms with van der Waals surface area (Å²) >= 11 is 6.47. The molecule has 0 unspecified atom stereocenters. The maximum atomic E-state index is 12.6. The van der Waals surface area contributed by atoms with E-state index in [1.807, 2.05) is 18.2 Å². The number of pyridine rings is 1. The van der Waals surface area contributed by atoms with Crippen molar-refractivity contribution in [2.24, 2.45) is 7.05 Å². The van der Waals surface area contributed by atoms with Gasteiger partial charge in [0.15, 0.2) is 12.4 Å². The molecule has 192 valence electrons. The summed E-state index contributed by atoms with van der Waals surface area (Å²) < 4.78 is 12.2. The van der Waals surface area contributed by atoms with Crippen molar-refractivity contribution >= 4 is 34.4 Å². The minimum atomic E-state index is -0.309. The fraction of sp³-hybridized carbons (Fsp3) is 0.440. The number of hydrogen-bond acceptors (Lipinski definition) is 8. The van der Waals surface area contributed by atoms with E-state index in [9.17, 15) is 9.59 Å².